The van der Waals surface area contributed by atoms with Crippen molar-refractivity contribution < 1.29 is 0 Å². The molecule has 2 heterocycles. The second-order valence-electron chi connectivity index (χ2n) is 4.93. The van der Waals surface area contributed by atoms with Gasteiger partial charge in [0.05, 0.1) is 5.75 Å². The van der Waals surface area contributed by atoms with Gasteiger partial charge in [0.25, 0.3) is 5.56 Å². The van der Waals surface area contributed by atoms with Crippen LogP contribution in [0.2, 0.25) is 0 Å². The van der Waals surface area contributed by atoms with Gasteiger partial charge in [-0.05, 0) is 12.1 Å². The molecule has 0 spiro atoms. The number of rotatable bonds is 7. The summed E-state index contributed by atoms with van der Waals surface area (Å²) in [5.41, 5.74) is 6.32. The predicted octanol–water partition coefficient (Wildman–Crippen LogP) is 2.50. The van der Waals surface area contributed by atoms with Crippen LogP contribution in [0, 0.1) is 0 Å². The highest BCUT2D eigenvalue weighted by molar-refractivity contribution is 7.99. The summed E-state index contributed by atoms with van der Waals surface area (Å²) in [6.07, 6.45) is 1.82. The second kappa shape index (κ2) is 8.04. The lowest BCUT2D eigenvalue weighted by Gasteiger charge is -2.09. The maximum atomic E-state index is 11.5. The molecule has 9 heteroatoms. The molecule has 2 aromatic heterocycles. The van der Waals surface area contributed by atoms with Crippen LogP contribution in [-0.4, -0.2) is 30.5 Å². The van der Waals surface area contributed by atoms with E-state index in [0.29, 0.717) is 10.9 Å². The van der Waals surface area contributed by atoms with Gasteiger partial charge in [-0.3, -0.25) is 9.36 Å². The molecular weight excluding hydrogens is 356 g/mol. The zero-order chi connectivity index (χ0) is 17.6. The van der Waals surface area contributed by atoms with Crippen molar-refractivity contribution in [3.8, 4) is 5.69 Å². The molecule has 25 heavy (non-hydrogen) atoms. The van der Waals surface area contributed by atoms with Crippen LogP contribution in [0.15, 0.2) is 64.2 Å². The number of thioether (sulfide) groups is 2. The first-order valence-electron chi connectivity index (χ1n) is 7.40. The topological polar surface area (TPSA) is 102 Å². The largest absolute Gasteiger partial charge is 0.383 e. The van der Waals surface area contributed by atoms with E-state index in [1.807, 2.05) is 41.0 Å². The van der Waals surface area contributed by atoms with Crippen LogP contribution < -0.4 is 11.3 Å². The Morgan fingerprint density at radius 2 is 2.04 bits per heavy atom. The highest BCUT2D eigenvalue weighted by Gasteiger charge is 2.14. The van der Waals surface area contributed by atoms with Crippen LogP contribution in [0.1, 0.15) is 5.82 Å². The Labute approximate surface area is 152 Å². The number of hydrogen-bond donors (Lipinski definition) is 2. The van der Waals surface area contributed by atoms with Crippen molar-refractivity contribution in [3.05, 3.63) is 65.2 Å². The number of nitrogens with two attached hydrogens (primary N) is 1. The van der Waals surface area contributed by atoms with Gasteiger partial charge in [-0.2, -0.15) is 0 Å². The Kier molecular flexibility index (Phi) is 5.56. The van der Waals surface area contributed by atoms with Gasteiger partial charge >= 0.3 is 0 Å². The van der Waals surface area contributed by atoms with Crippen molar-refractivity contribution >= 4 is 29.3 Å². The molecule has 0 atom stereocenters. The van der Waals surface area contributed by atoms with Crippen molar-refractivity contribution in [1.29, 1.82) is 0 Å². The summed E-state index contributed by atoms with van der Waals surface area (Å²) in [4.78, 5) is 18.3. The summed E-state index contributed by atoms with van der Waals surface area (Å²) in [6.45, 7) is 3.74. The molecule has 128 valence electrons. The number of H-pyrrole nitrogens is 1. The SMILES string of the molecule is C=CCSc1nnc(CSc2nc(N)cc(=O)[nH]2)n1-c1ccccc1. The molecule has 3 aromatic rings. The first-order valence-corrected chi connectivity index (χ1v) is 9.37. The summed E-state index contributed by atoms with van der Waals surface area (Å²) in [5.74, 6) is 2.18. The Balaban J connectivity index is 1.89. The fraction of sp³-hybridized carbons (Fsp3) is 0.125. The maximum Gasteiger partial charge on any atom is 0.253 e. The molecule has 0 unspecified atom stereocenters. The third kappa shape index (κ3) is 4.31. The molecule has 0 aliphatic rings. The number of nitrogens with zero attached hydrogens (tertiary/aromatic N) is 4. The number of para-hydroxylation sites is 1. The first kappa shape index (κ1) is 17.3. The number of benzene rings is 1. The van der Waals surface area contributed by atoms with Crippen LogP contribution in [-0.2, 0) is 5.75 Å². The number of hydrogen-bond acceptors (Lipinski definition) is 7. The first-order chi connectivity index (χ1) is 12.2. The van der Waals surface area contributed by atoms with E-state index in [-0.39, 0.29) is 11.4 Å². The van der Waals surface area contributed by atoms with Crippen LogP contribution in [0.3, 0.4) is 0 Å². The molecule has 0 saturated heterocycles. The molecule has 0 radical (unpaired) electrons. The molecule has 1 aromatic carbocycles. The molecule has 7 nitrogen and oxygen atoms in total. The second-order valence-corrected chi connectivity index (χ2v) is 6.88. The molecule has 3 rings (SSSR count). The third-order valence-corrected chi connectivity index (χ3v) is 4.92. The van der Waals surface area contributed by atoms with Gasteiger partial charge < -0.3 is 10.7 Å². The van der Waals surface area contributed by atoms with E-state index in [0.717, 1.165) is 22.4 Å². The monoisotopic (exact) mass is 372 g/mol. The van der Waals surface area contributed by atoms with Gasteiger partial charge in [-0.15, -0.1) is 16.8 Å². The van der Waals surface area contributed by atoms with Crippen LogP contribution in [0.4, 0.5) is 5.82 Å². The minimum absolute atomic E-state index is 0.193. The number of nitrogen functional groups attached to an aromatic ring is 1. The van der Waals surface area contributed by atoms with Gasteiger partial charge in [0.1, 0.15) is 11.6 Å². The summed E-state index contributed by atoms with van der Waals surface area (Å²) < 4.78 is 1.99. The Bertz CT molecular complexity index is 922. The van der Waals surface area contributed by atoms with Crippen molar-refractivity contribution in [3.63, 3.8) is 0 Å². The van der Waals surface area contributed by atoms with E-state index in [4.69, 9.17) is 5.73 Å². The van der Waals surface area contributed by atoms with Gasteiger partial charge in [-0.25, -0.2) is 4.98 Å². The molecule has 0 fully saturated rings. The predicted molar refractivity (Wildman–Crippen MR) is 101 cm³/mol. The lowest BCUT2D eigenvalue weighted by atomic mass is 10.3. The fourth-order valence-electron chi connectivity index (χ4n) is 2.11. The standard InChI is InChI=1S/C16H16N6OS2/c1-2-8-24-16-21-20-13(22(16)11-6-4-3-5-7-11)10-25-15-18-12(17)9-14(23)19-15/h2-7,9H,1,8,10H2,(H3,17,18,19,23). The Morgan fingerprint density at radius 1 is 1.24 bits per heavy atom. The van der Waals surface area contributed by atoms with Gasteiger partial charge in [0.2, 0.25) is 0 Å². The molecule has 0 bridgehead atoms. The highest BCUT2D eigenvalue weighted by atomic mass is 32.2. The van der Waals surface area contributed by atoms with Crippen LogP contribution in [0.25, 0.3) is 5.69 Å². The summed E-state index contributed by atoms with van der Waals surface area (Å²) in [7, 11) is 0. The highest BCUT2D eigenvalue weighted by Crippen LogP contribution is 2.25. The average Bonchev–Trinajstić information content (AvgIpc) is 3.01. The van der Waals surface area contributed by atoms with E-state index in [1.54, 1.807) is 11.8 Å². The molecular formula is C16H16N6OS2. The molecule has 3 N–H and O–H groups in total. The minimum Gasteiger partial charge on any atom is -0.383 e. The maximum absolute atomic E-state index is 11.5. The van der Waals surface area contributed by atoms with Crippen LogP contribution in [0.5, 0.6) is 0 Å². The number of anilines is 1. The van der Waals surface area contributed by atoms with E-state index in [9.17, 15) is 4.79 Å². The van der Waals surface area contributed by atoms with Crippen molar-refractivity contribution in [2.45, 2.75) is 16.1 Å². The quantitative estimate of drug-likeness (QED) is 0.373. The number of nitrogens with one attached hydrogen (secondary N) is 1. The Hall–Kier alpha value is -2.52. The molecule has 0 aliphatic heterocycles. The molecule has 0 amide bonds. The smallest absolute Gasteiger partial charge is 0.253 e. The normalized spacial score (nSPS) is 10.7. The average molecular weight is 372 g/mol. The Morgan fingerprint density at radius 3 is 2.76 bits per heavy atom. The van der Waals surface area contributed by atoms with E-state index in [2.05, 4.69) is 26.7 Å². The summed E-state index contributed by atoms with van der Waals surface area (Å²) in [6, 6.07) is 11.1. The lowest BCUT2D eigenvalue weighted by Crippen LogP contribution is -2.09. The number of aromatic nitrogens is 5. The van der Waals surface area contributed by atoms with E-state index >= 15 is 0 Å². The van der Waals surface area contributed by atoms with E-state index < -0.39 is 0 Å². The number of aromatic amines is 1. The van der Waals surface area contributed by atoms with Crippen molar-refractivity contribution in [1.82, 2.24) is 24.7 Å². The zero-order valence-corrected chi connectivity index (χ0v) is 14.9. The van der Waals surface area contributed by atoms with Gasteiger partial charge in [-0.1, -0.05) is 47.8 Å². The van der Waals surface area contributed by atoms with Crippen LogP contribution >= 0.6 is 23.5 Å². The third-order valence-electron chi connectivity index (χ3n) is 3.12. The van der Waals surface area contributed by atoms with Crippen molar-refractivity contribution in [2.75, 3.05) is 11.5 Å². The van der Waals surface area contributed by atoms with Gasteiger partial charge in [0.15, 0.2) is 10.3 Å². The van der Waals surface area contributed by atoms with E-state index in [1.165, 1.54) is 17.8 Å². The molecule has 0 saturated carbocycles. The fourth-order valence-corrected chi connectivity index (χ4v) is 3.61. The molecule has 0 aliphatic carbocycles. The lowest BCUT2D eigenvalue weighted by molar-refractivity contribution is 0.864. The summed E-state index contributed by atoms with van der Waals surface area (Å²) >= 11 is 2.91. The van der Waals surface area contributed by atoms with Crippen molar-refractivity contribution in [2.24, 2.45) is 0 Å². The zero-order valence-electron chi connectivity index (χ0n) is 13.3. The summed E-state index contributed by atoms with van der Waals surface area (Å²) in [5, 5.41) is 9.81. The van der Waals surface area contributed by atoms with Gasteiger partial charge in [0, 0.05) is 17.5 Å². The minimum atomic E-state index is -0.276.